The van der Waals surface area contributed by atoms with Gasteiger partial charge < -0.3 is 9.47 Å². The topological polar surface area (TPSA) is 34.6 Å². The second kappa shape index (κ2) is 6.59. The number of likely N-dealkylation sites (tertiary alicyclic amines) is 1. The summed E-state index contributed by atoms with van der Waals surface area (Å²) in [7, 11) is 0. The third kappa shape index (κ3) is 3.57. The van der Waals surface area contributed by atoms with Crippen molar-refractivity contribution in [2.75, 3.05) is 19.7 Å². The Kier molecular flexibility index (Phi) is 4.33. The number of pyridine rings is 1. The van der Waals surface area contributed by atoms with E-state index in [9.17, 15) is 0 Å². The smallest absolute Gasteiger partial charge is 0.138 e. The van der Waals surface area contributed by atoms with Gasteiger partial charge in [-0.05, 0) is 53.9 Å². The molecule has 0 amide bonds. The van der Waals surface area contributed by atoms with Crippen LogP contribution in [0.1, 0.15) is 24.8 Å². The normalized spacial score (nSPS) is 28.3. The summed E-state index contributed by atoms with van der Waals surface area (Å²) >= 11 is 1.77. The van der Waals surface area contributed by atoms with Crippen LogP contribution in [0.4, 0.5) is 0 Å². The van der Waals surface area contributed by atoms with Gasteiger partial charge in [0.25, 0.3) is 0 Å². The average molecular weight is 330 g/mol. The highest BCUT2D eigenvalue weighted by Gasteiger charge is 2.44. The van der Waals surface area contributed by atoms with Gasteiger partial charge in [-0.3, -0.25) is 9.88 Å². The summed E-state index contributed by atoms with van der Waals surface area (Å²) < 4.78 is 12.3. The number of hydrogen-bond donors (Lipinski definition) is 0. The van der Waals surface area contributed by atoms with Gasteiger partial charge in [0.05, 0.1) is 18.4 Å². The number of hydrogen-bond acceptors (Lipinski definition) is 5. The minimum absolute atomic E-state index is 0.0266. The van der Waals surface area contributed by atoms with E-state index in [2.05, 4.69) is 26.7 Å². The van der Waals surface area contributed by atoms with Gasteiger partial charge in [0.1, 0.15) is 11.9 Å². The second-order valence-electron chi connectivity index (χ2n) is 6.57. The van der Waals surface area contributed by atoms with E-state index in [0.29, 0.717) is 6.61 Å². The number of aromatic nitrogens is 1. The third-order valence-corrected chi connectivity index (χ3v) is 5.45. The van der Waals surface area contributed by atoms with Crippen molar-refractivity contribution in [2.24, 2.45) is 0 Å². The van der Waals surface area contributed by atoms with Crippen molar-refractivity contribution < 1.29 is 9.47 Å². The molecular weight excluding hydrogens is 308 g/mol. The lowest BCUT2D eigenvalue weighted by molar-refractivity contribution is -0.0538. The molecule has 2 aromatic rings. The predicted molar refractivity (Wildman–Crippen MR) is 90.8 cm³/mol. The first kappa shape index (κ1) is 15.1. The number of rotatable bonds is 4. The van der Waals surface area contributed by atoms with Gasteiger partial charge in [-0.15, -0.1) is 0 Å². The molecule has 2 fully saturated rings. The Morgan fingerprint density at radius 1 is 1.43 bits per heavy atom. The molecule has 5 heteroatoms. The highest BCUT2D eigenvalue weighted by Crippen LogP contribution is 2.36. The standard InChI is InChI=1S/C18H22N2O2S/c1-3-16(10-19-6-1)22-17-9-18(21-12-17)5-2-7-20(14-18)11-15-4-8-23-13-15/h1,3-4,6,8,10,13,17H,2,5,7,9,11-12,14H2/t17-,18-/m0/s1. The summed E-state index contributed by atoms with van der Waals surface area (Å²) in [6.45, 7) is 3.88. The summed E-state index contributed by atoms with van der Waals surface area (Å²) in [4.78, 5) is 6.64. The van der Waals surface area contributed by atoms with Gasteiger partial charge in [-0.1, -0.05) is 0 Å². The highest BCUT2D eigenvalue weighted by molar-refractivity contribution is 7.07. The van der Waals surface area contributed by atoms with Crippen molar-refractivity contribution in [1.82, 2.24) is 9.88 Å². The van der Waals surface area contributed by atoms with E-state index in [1.807, 2.05) is 12.1 Å². The van der Waals surface area contributed by atoms with Crippen LogP contribution in [0.3, 0.4) is 0 Å². The lowest BCUT2D eigenvalue weighted by Crippen LogP contribution is -2.47. The molecule has 122 valence electrons. The van der Waals surface area contributed by atoms with E-state index in [0.717, 1.165) is 38.2 Å². The molecule has 0 aromatic carbocycles. The third-order valence-electron chi connectivity index (χ3n) is 4.72. The molecule has 4 nitrogen and oxygen atoms in total. The van der Waals surface area contributed by atoms with E-state index in [1.54, 1.807) is 23.7 Å². The molecule has 1 spiro atoms. The largest absolute Gasteiger partial charge is 0.486 e. The molecule has 0 bridgehead atoms. The van der Waals surface area contributed by atoms with E-state index in [1.165, 1.54) is 12.0 Å². The van der Waals surface area contributed by atoms with Gasteiger partial charge in [0.2, 0.25) is 0 Å². The zero-order chi connectivity index (χ0) is 15.5. The molecule has 0 radical (unpaired) electrons. The lowest BCUT2D eigenvalue weighted by Gasteiger charge is -2.39. The summed E-state index contributed by atoms with van der Waals surface area (Å²) in [5, 5.41) is 4.39. The van der Waals surface area contributed by atoms with Crippen molar-refractivity contribution in [3.8, 4) is 5.75 Å². The molecule has 23 heavy (non-hydrogen) atoms. The van der Waals surface area contributed by atoms with Gasteiger partial charge in [-0.25, -0.2) is 0 Å². The Morgan fingerprint density at radius 3 is 3.26 bits per heavy atom. The van der Waals surface area contributed by atoms with Gasteiger partial charge in [-0.2, -0.15) is 11.3 Å². The highest BCUT2D eigenvalue weighted by atomic mass is 32.1. The van der Waals surface area contributed by atoms with Crippen LogP contribution >= 0.6 is 11.3 Å². The lowest BCUT2D eigenvalue weighted by atomic mass is 9.89. The summed E-state index contributed by atoms with van der Waals surface area (Å²) in [5.41, 5.74) is 1.38. The zero-order valence-corrected chi connectivity index (χ0v) is 14.0. The number of thiophene rings is 1. The first-order valence-corrected chi connectivity index (χ1v) is 9.20. The van der Waals surface area contributed by atoms with E-state index >= 15 is 0 Å². The molecule has 2 atom stereocenters. The van der Waals surface area contributed by atoms with Crippen molar-refractivity contribution in [3.05, 3.63) is 46.9 Å². The van der Waals surface area contributed by atoms with Crippen LogP contribution in [0.5, 0.6) is 5.75 Å². The molecule has 0 aliphatic carbocycles. The maximum atomic E-state index is 6.23. The Balaban J connectivity index is 1.37. The molecule has 4 heterocycles. The zero-order valence-electron chi connectivity index (χ0n) is 13.2. The Hall–Kier alpha value is -1.43. The van der Waals surface area contributed by atoms with E-state index in [4.69, 9.17) is 9.47 Å². The molecule has 2 aliphatic heterocycles. The Labute approximate surface area is 141 Å². The van der Waals surface area contributed by atoms with Crippen LogP contribution in [0.25, 0.3) is 0 Å². The molecule has 0 unspecified atom stereocenters. The van der Waals surface area contributed by atoms with E-state index in [-0.39, 0.29) is 11.7 Å². The predicted octanol–water partition coefficient (Wildman–Crippen LogP) is 3.35. The maximum Gasteiger partial charge on any atom is 0.138 e. The monoisotopic (exact) mass is 330 g/mol. The fraction of sp³-hybridized carbons (Fsp3) is 0.500. The SMILES string of the molecule is c1cncc(O[C@@H]2CO[C@@]3(CCCN(Cc4ccsc4)C3)C2)c1. The number of piperidine rings is 1. The summed E-state index contributed by atoms with van der Waals surface area (Å²) in [6.07, 6.45) is 6.99. The Morgan fingerprint density at radius 2 is 2.43 bits per heavy atom. The van der Waals surface area contributed by atoms with E-state index < -0.39 is 0 Å². The molecule has 2 aliphatic rings. The first-order valence-electron chi connectivity index (χ1n) is 8.25. The first-order chi connectivity index (χ1) is 11.3. The second-order valence-corrected chi connectivity index (χ2v) is 7.35. The molecule has 0 N–H and O–H groups in total. The van der Waals surface area contributed by atoms with Crippen LogP contribution in [-0.2, 0) is 11.3 Å². The average Bonchev–Trinajstić information content (AvgIpc) is 3.19. The minimum Gasteiger partial charge on any atom is -0.486 e. The molecule has 2 saturated heterocycles. The molecular formula is C18H22N2O2S. The number of nitrogens with zero attached hydrogens (tertiary/aromatic N) is 2. The van der Waals surface area contributed by atoms with Gasteiger partial charge >= 0.3 is 0 Å². The van der Waals surface area contributed by atoms with Gasteiger partial charge in [0, 0.05) is 25.7 Å². The fourth-order valence-corrected chi connectivity index (χ4v) is 4.40. The summed E-state index contributed by atoms with van der Waals surface area (Å²) in [6, 6.07) is 6.08. The van der Waals surface area contributed by atoms with Crippen LogP contribution in [0.2, 0.25) is 0 Å². The van der Waals surface area contributed by atoms with Crippen molar-refractivity contribution in [3.63, 3.8) is 0 Å². The Bertz CT molecular complexity index is 619. The summed E-state index contributed by atoms with van der Waals surface area (Å²) in [5.74, 6) is 0.837. The quantitative estimate of drug-likeness (QED) is 0.861. The van der Waals surface area contributed by atoms with Crippen LogP contribution < -0.4 is 4.74 Å². The van der Waals surface area contributed by atoms with Crippen LogP contribution in [0.15, 0.2) is 41.4 Å². The van der Waals surface area contributed by atoms with Crippen molar-refractivity contribution in [1.29, 1.82) is 0 Å². The van der Waals surface area contributed by atoms with Crippen molar-refractivity contribution in [2.45, 2.75) is 37.5 Å². The molecule has 2 aromatic heterocycles. The maximum absolute atomic E-state index is 6.23. The van der Waals surface area contributed by atoms with Crippen LogP contribution in [-0.4, -0.2) is 41.3 Å². The van der Waals surface area contributed by atoms with Gasteiger partial charge in [0.15, 0.2) is 0 Å². The minimum atomic E-state index is -0.0266. The van der Waals surface area contributed by atoms with Crippen LogP contribution in [0, 0.1) is 0 Å². The number of ether oxygens (including phenoxy) is 2. The fourth-order valence-electron chi connectivity index (χ4n) is 3.74. The molecule has 4 rings (SSSR count). The molecule has 0 saturated carbocycles. The van der Waals surface area contributed by atoms with Crippen molar-refractivity contribution >= 4 is 11.3 Å².